The van der Waals surface area contributed by atoms with Crippen molar-refractivity contribution in [3.8, 4) is 28.7 Å². The van der Waals surface area contributed by atoms with Gasteiger partial charge in [0, 0.05) is 11.3 Å². The van der Waals surface area contributed by atoms with Gasteiger partial charge < -0.3 is 23.9 Å². The molecule has 3 aromatic rings. The van der Waals surface area contributed by atoms with E-state index >= 15 is 0 Å². The topological polar surface area (TPSA) is 70.7 Å². The molecule has 3 rings (SSSR count). The molecule has 1 heterocycles. The third kappa shape index (κ3) is 3.96. The van der Waals surface area contributed by atoms with Gasteiger partial charge >= 0.3 is 0 Å². The van der Waals surface area contributed by atoms with Crippen LogP contribution in [0.3, 0.4) is 0 Å². The second-order valence-electron chi connectivity index (χ2n) is 6.24. The first kappa shape index (κ1) is 19.8. The van der Waals surface area contributed by atoms with Gasteiger partial charge in [-0.05, 0) is 55.4 Å². The maximum absolute atomic E-state index is 5.69. The van der Waals surface area contributed by atoms with Crippen molar-refractivity contribution in [1.29, 1.82) is 0 Å². The molecule has 0 aliphatic heterocycles. The number of benzene rings is 2. The number of nitrogens with zero attached hydrogens (tertiary/aromatic N) is 2. The Morgan fingerprint density at radius 1 is 1.04 bits per heavy atom. The van der Waals surface area contributed by atoms with Crippen molar-refractivity contribution >= 4 is 17.9 Å². The highest BCUT2D eigenvalue weighted by Crippen LogP contribution is 2.40. The van der Waals surface area contributed by atoms with Crippen LogP contribution in [-0.2, 0) is 6.67 Å². The number of aromatic nitrogens is 2. The van der Waals surface area contributed by atoms with Gasteiger partial charge in [-0.3, -0.25) is 0 Å². The molecule has 28 heavy (non-hydrogen) atoms. The second-order valence-corrected chi connectivity index (χ2v) is 6.59. The van der Waals surface area contributed by atoms with E-state index < -0.39 is 0 Å². The summed E-state index contributed by atoms with van der Waals surface area (Å²) in [6.45, 7) is 4.48. The van der Waals surface area contributed by atoms with E-state index in [1.807, 2.05) is 6.92 Å². The Hall–Kier alpha value is -3.00. The average molecular weight is 401 g/mol. The lowest BCUT2D eigenvalue weighted by Gasteiger charge is -2.12. The van der Waals surface area contributed by atoms with Crippen LogP contribution in [0.25, 0.3) is 11.5 Å². The fourth-order valence-corrected chi connectivity index (χ4v) is 3.00. The van der Waals surface area contributed by atoms with Crippen LogP contribution < -0.4 is 19.5 Å². The number of rotatable bonds is 7. The lowest BCUT2D eigenvalue weighted by Crippen LogP contribution is -2.10. The van der Waals surface area contributed by atoms with Crippen LogP contribution in [-0.4, -0.2) is 31.1 Å². The molecule has 0 fully saturated rings. The predicted octanol–water partition coefficient (Wildman–Crippen LogP) is 4.58. The van der Waals surface area contributed by atoms with E-state index in [1.165, 1.54) is 5.56 Å². The van der Waals surface area contributed by atoms with Gasteiger partial charge in [-0.15, -0.1) is 5.10 Å². The minimum atomic E-state index is 0.265. The predicted molar refractivity (Wildman–Crippen MR) is 110 cm³/mol. The monoisotopic (exact) mass is 401 g/mol. The molecule has 0 atom stereocenters. The Kier molecular flexibility index (Phi) is 5.89. The van der Waals surface area contributed by atoms with Crippen molar-refractivity contribution < 1.29 is 18.6 Å². The van der Waals surface area contributed by atoms with E-state index in [1.54, 1.807) is 38.1 Å². The molecule has 0 spiro atoms. The highest BCUT2D eigenvalue weighted by Gasteiger charge is 2.17. The second kappa shape index (κ2) is 8.35. The maximum atomic E-state index is 5.69. The average Bonchev–Trinajstić information content (AvgIpc) is 3.08. The van der Waals surface area contributed by atoms with Gasteiger partial charge in [0.05, 0.1) is 21.3 Å². The summed E-state index contributed by atoms with van der Waals surface area (Å²) in [5.74, 6) is 1.90. The van der Waals surface area contributed by atoms with Crippen LogP contribution in [0.4, 0.5) is 5.69 Å². The molecule has 8 heteroatoms. The molecular formula is C20H23N3O4S. The smallest absolute Gasteiger partial charge is 0.289 e. The van der Waals surface area contributed by atoms with Gasteiger partial charge in [-0.2, -0.15) is 0 Å². The number of methoxy groups -OCH3 is 3. The molecule has 1 aromatic heterocycles. The van der Waals surface area contributed by atoms with Gasteiger partial charge in [0.1, 0.15) is 6.67 Å². The van der Waals surface area contributed by atoms with Crippen molar-refractivity contribution in [3.63, 3.8) is 0 Å². The minimum Gasteiger partial charge on any atom is -0.493 e. The summed E-state index contributed by atoms with van der Waals surface area (Å²) in [6, 6.07) is 9.76. The molecule has 0 saturated carbocycles. The number of aryl methyl sites for hydroxylation is 2. The van der Waals surface area contributed by atoms with Crippen LogP contribution in [0.1, 0.15) is 11.1 Å². The van der Waals surface area contributed by atoms with Crippen LogP contribution in [0.5, 0.6) is 17.2 Å². The quantitative estimate of drug-likeness (QED) is 0.581. The Morgan fingerprint density at radius 3 is 2.32 bits per heavy atom. The zero-order valence-corrected chi connectivity index (χ0v) is 17.3. The van der Waals surface area contributed by atoms with Crippen molar-refractivity contribution in [2.75, 3.05) is 26.6 Å². The summed E-state index contributed by atoms with van der Waals surface area (Å²) in [7, 11) is 4.67. The molecule has 148 valence electrons. The number of nitrogens with one attached hydrogen (secondary N) is 1. The van der Waals surface area contributed by atoms with E-state index in [0.717, 1.165) is 11.3 Å². The van der Waals surface area contributed by atoms with Crippen LogP contribution in [0.15, 0.2) is 34.7 Å². The zero-order chi connectivity index (χ0) is 20.3. The first-order chi connectivity index (χ1) is 13.5. The van der Waals surface area contributed by atoms with E-state index in [4.69, 9.17) is 30.8 Å². The highest BCUT2D eigenvalue weighted by molar-refractivity contribution is 7.71. The van der Waals surface area contributed by atoms with Crippen molar-refractivity contribution in [3.05, 3.63) is 46.3 Å². The van der Waals surface area contributed by atoms with Crippen molar-refractivity contribution in [2.24, 2.45) is 0 Å². The Bertz CT molecular complexity index is 1020. The number of hydrogen-bond acceptors (Lipinski definition) is 7. The third-order valence-corrected chi connectivity index (χ3v) is 4.62. The molecule has 7 nitrogen and oxygen atoms in total. The van der Waals surface area contributed by atoms with Crippen LogP contribution in [0, 0.1) is 18.7 Å². The Balaban J connectivity index is 1.90. The summed E-state index contributed by atoms with van der Waals surface area (Å²) >= 11 is 5.32. The van der Waals surface area contributed by atoms with E-state index in [2.05, 4.69) is 35.5 Å². The number of ether oxygens (including phenoxy) is 3. The number of anilines is 1. The summed E-state index contributed by atoms with van der Waals surface area (Å²) in [4.78, 5) is 0.265. The largest absolute Gasteiger partial charge is 0.493 e. The Morgan fingerprint density at radius 2 is 1.71 bits per heavy atom. The molecule has 2 aromatic carbocycles. The lowest BCUT2D eigenvalue weighted by molar-refractivity contribution is 0.324. The van der Waals surface area contributed by atoms with E-state index in [9.17, 15) is 0 Å². The minimum absolute atomic E-state index is 0.265. The summed E-state index contributed by atoms with van der Waals surface area (Å²) in [5, 5.41) is 7.83. The zero-order valence-electron chi connectivity index (χ0n) is 16.5. The molecule has 0 aliphatic rings. The molecule has 1 N–H and O–H groups in total. The first-order valence-electron chi connectivity index (χ1n) is 8.66. The summed E-state index contributed by atoms with van der Waals surface area (Å²) < 4.78 is 23.4. The van der Waals surface area contributed by atoms with Crippen molar-refractivity contribution in [2.45, 2.75) is 20.5 Å². The molecule has 0 radical (unpaired) electrons. The molecule has 0 aliphatic carbocycles. The van der Waals surface area contributed by atoms with E-state index in [0.29, 0.717) is 35.4 Å². The van der Waals surface area contributed by atoms with Gasteiger partial charge in [0.15, 0.2) is 11.5 Å². The first-order valence-corrected chi connectivity index (χ1v) is 9.07. The highest BCUT2D eigenvalue weighted by atomic mass is 32.1. The Labute approximate surface area is 168 Å². The van der Waals surface area contributed by atoms with Crippen molar-refractivity contribution in [1.82, 2.24) is 9.78 Å². The summed E-state index contributed by atoms with van der Waals surface area (Å²) in [5.41, 5.74) is 4.02. The lowest BCUT2D eigenvalue weighted by atomic mass is 10.1. The summed E-state index contributed by atoms with van der Waals surface area (Å²) in [6.07, 6.45) is 0. The maximum Gasteiger partial charge on any atom is 0.289 e. The van der Waals surface area contributed by atoms with Gasteiger partial charge in [0.25, 0.3) is 4.84 Å². The van der Waals surface area contributed by atoms with Gasteiger partial charge in [-0.1, -0.05) is 12.1 Å². The molecule has 0 amide bonds. The van der Waals surface area contributed by atoms with Gasteiger partial charge in [-0.25, -0.2) is 4.68 Å². The molecule has 0 unspecified atom stereocenters. The normalized spacial score (nSPS) is 10.6. The van der Waals surface area contributed by atoms with Crippen LogP contribution in [0.2, 0.25) is 0 Å². The third-order valence-electron chi connectivity index (χ3n) is 4.33. The molecule has 0 saturated heterocycles. The standard InChI is InChI=1S/C20H23N3O4S/c1-12-6-7-13(2)15(8-12)21-11-23-20(28)27-19(22-23)14-9-16(24-3)18(26-5)17(10-14)25-4/h6-10,21H,11H2,1-5H3. The SMILES string of the molecule is COc1cc(-c2nn(CNc3cc(C)ccc3C)c(=S)o2)cc(OC)c1OC. The molecular weight excluding hydrogens is 378 g/mol. The fourth-order valence-electron chi connectivity index (χ4n) is 2.81. The van der Waals surface area contributed by atoms with Gasteiger partial charge in [0.2, 0.25) is 11.6 Å². The van der Waals surface area contributed by atoms with E-state index in [-0.39, 0.29) is 4.84 Å². The fraction of sp³-hybridized carbons (Fsp3) is 0.300. The molecule has 0 bridgehead atoms. The van der Waals surface area contributed by atoms with Crippen LogP contribution >= 0.6 is 12.2 Å². The number of hydrogen-bond donors (Lipinski definition) is 1.